The van der Waals surface area contributed by atoms with Gasteiger partial charge in [0.05, 0.1) is 19.0 Å². The van der Waals surface area contributed by atoms with Gasteiger partial charge in [0.15, 0.2) is 0 Å². The molecule has 0 saturated heterocycles. The van der Waals surface area contributed by atoms with Crippen molar-refractivity contribution in [2.45, 2.75) is 13.3 Å². The van der Waals surface area contributed by atoms with Gasteiger partial charge >= 0.3 is 0 Å². The molecule has 2 N–H and O–H groups in total. The molecule has 1 rings (SSSR count). The Hall–Kier alpha value is -1.62. The van der Waals surface area contributed by atoms with Crippen LogP contribution in [-0.4, -0.2) is 44.1 Å². The molecular weight excluding hydrogens is 280 g/mol. The lowest BCUT2D eigenvalue weighted by molar-refractivity contribution is 0.163. The molecular formula is C13H18N2O4S. The van der Waals surface area contributed by atoms with Crippen LogP contribution in [0.15, 0.2) is 18.2 Å². The molecule has 0 unspecified atom stereocenters. The molecule has 0 radical (unpaired) electrons. The van der Waals surface area contributed by atoms with E-state index in [2.05, 4.69) is 21.5 Å². The largest absolute Gasteiger partial charge is 0.395 e. The Morgan fingerprint density at radius 3 is 2.95 bits per heavy atom. The molecule has 0 amide bonds. The van der Waals surface area contributed by atoms with Crippen LogP contribution in [0.2, 0.25) is 0 Å². The van der Waals surface area contributed by atoms with Gasteiger partial charge in [-0.25, -0.2) is 13.4 Å². The van der Waals surface area contributed by atoms with Crippen molar-refractivity contribution in [2.75, 3.05) is 30.3 Å². The van der Waals surface area contributed by atoms with Gasteiger partial charge in [-0.2, -0.15) is 0 Å². The second-order valence-corrected chi connectivity index (χ2v) is 5.64. The first kappa shape index (κ1) is 16.4. The summed E-state index contributed by atoms with van der Waals surface area (Å²) in [6.07, 6.45) is 0.353. The Kier molecular flexibility index (Phi) is 7.01. The minimum Gasteiger partial charge on any atom is -0.395 e. The first-order valence-corrected chi connectivity index (χ1v) is 7.87. The van der Waals surface area contributed by atoms with Crippen molar-refractivity contribution in [3.05, 3.63) is 23.9 Å². The molecule has 1 aromatic heterocycles. The quantitative estimate of drug-likeness (QED) is 0.568. The van der Waals surface area contributed by atoms with Crippen molar-refractivity contribution in [3.8, 4) is 11.8 Å². The molecule has 0 spiro atoms. The van der Waals surface area contributed by atoms with Crippen LogP contribution in [0.5, 0.6) is 0 Å². The van der Waals surface area contributed by atoms with E-state index >= 15 is 0 Å². The maximum Gasteiger partial charge on any atom is 0.236 e. The first-order valence-electron chi connectivity index (χ1n) is 6.22. The number of sulfonamides is 1. The number of ether oxygens (including phenoxy) is 1. The summed E-state index contributed by atoms with van der Waals surface area (Å²) in [7, 11) is -3.47. The van der Waals surface area contributed by atoms with Crippen LogP contribution in [0.4, 0.5) is 5.82 Å². The third-order valence-corrected chi connectivity index (χ3v) is 3.39. The van der Waals surface area contributed by atoms with Crippen molar-refractivity contribution in [3.63, 3.8) is 0 Å². The van der Waals surface area contributed by atoms with Crippen LogP contribution in [0.1, 0.15) is 19.0 Å². The summed E-state index contributed by atoms with van der Waals surface area (Å²) in [5, 5.41) is 8.63. The van der Waals surface area contributed by atoms with Crippen molar-refractivity contribution < 1.29 is 18.3 Å². The normalized spacial score (nSPS) is 10.7. The topological polar surface area (TPSA) is 88.5 Å². The number of anilines is 1. The predicted octanol–water partition coefficient (Wildman–Crippen LogP) is 0.594. The summed E-state index contributed by atoms with van der Waals surface area (Å²) in [5.74, 6) is 5.56. The number of hydrogen-bond acceptors (Lipinski definition) is 5. The van der Waals surface area contributed by atoms with E-state index in [0.717, 1.165) is 0 Å². The van der Waals surface area contributed by atoms with Gasteiger partial charge in [0.1, 0.15) is 11.5 Å². The van der Waals surface area contributed by atoms with E-state index < -0.39 is 10.0 Å². The Labute approximate surface area is 119 Å². The number of pyridine rings is 1. The maximum absolute atomic E-state index is 11.7. The number of aromatic nitrogens is 1. The molecule has 6 nitrogen and oxygen atoms in total. The molecule has 0 fully saturated rings. The van der Waals surface area contributed by atoms with Crippen molar-refractivity contribution in [1.29, 1.82) is 0 Å². The number of nitrogens with zero attached hydrogens (tertiary/aromatic N) is 1. The zero-order chi connectivity index (χ0) is 14.8. The Morgan fingerprint density at radius 2 is 2.25 bits per heavy atom. The lowest BCUT2D eigenvalue weighted by Crippen LogP contribution is -2.20. The van der Waals surface area contributed by atoms with E-state index in [4.69, 9.17) is 9.84 Å². The molecule has 110 valence electrons. The molecule has 0 aromatic carbocycles. The second kappa shape index (κ2) is 8.53. The molecule has 20 heavy (non-hydrogen) atoms. The third kappa shape index (κ3) is 6.52. The fourth-order valence-corrected chi connectivity index (χ4v) is 2.17. The zero-order valence-electron chi connectivity index (χ0n) is 11.3. The first-order chi connectivity index (χ1) is 9.57. The van der Waals surface area contributed by atoms with Gasteiger partial charge in [-0.05, 0) is 25.0 Å². The van der Waals surface area contributed by atoms with Gasteiger partial charge < -0.3 is 9.84 Å². The summed E-state index contributed by atoms with van der Waals surface area (Å²) in [6.45, 7) is 2.40. The summed E-state index contributed by atoms with van der Waals surface area (Å²) in [6, 6.07) is 4.88. The lowest BCUT2D eigenvalue weighted by atomic mass is 10.3. The van der Waals surface area contributed by atoms with E-state index in [1.165, 1.54) is 0 Å². The number of rotatable bonds is 7. The van der Waals surface area contributed by atoms with Crippen molar-refractivity contribution in [1.82, 2.24) is 4.98 Å². The van der Waals surface area contributed by atoms with Gasteiger partial charge in [-0.1, -0.05) is 12.0 Å². The van der Waals surface area contributed by atoms with Gasteiger partial charge in [0.2, 0.25) is 10.0 Å². The van der Waals surface area contributed by atoms with Gasteiger partial charge in [-0.3, -0.25) is 4.72 Å². The molecule has 1 heterocycles. The molecule has 0 aliphatic heterocycles. The smallest absolute Gasteiger partial charge is 0.236 e. The van der Waals surface area contributed by atoms with Crippen LogP contribution >= 0.6 is 0 Å². The highest BCUT2D eigenvalue weighted by atomic mass is 32.2. The number of nitrogens with one attached hydrogen (secondary N) is 1. The fraction of sp³-hybridized carbons (Fsp3) is 0.462. The van der Waals surface area contributed by atoms with E-state index in [9.17, 15) is 8.42 Å². The van der Waals surface area contributed by atoms with Crippen LogP contribution in [0, 0.1) is 11.8 Å². The molecule has 0 aliphatic carbocycles. The summed E-state index contributed by atoms with van der Waals surface area (Å²) < 4.78 is 30.9. The summed E-state index contributed by atoms with van der Waals surface area (Å²) in [5.41, 5.74) is 0.448. The molecule has 1 aromatic rings. The minimum atomic E-state index is -3.47. The summed E-state index contributed by atoms with van der Waals surface area (Å²) >= 11 is 0. The fourth-order valence-electron chi connectivity index (χ4n) is 1.29. The molecule has 0 atom stereocenters. The zero-order valence-corrected chi connectivity index (χ0v) is 12.1. The highest BCUT2D eigenvalue weighted by molar-refractivity contribution is 7.92. The third-order valence-electron chi connectivity index (χ3n) is 2.16. The van der Waals surface area contributed by atoms with E-state index in [-0.39, 0.29) is 24.8 Å². The van der Waals surface area contributed by atoms with Crippen LogP contribution in [0.3, 0.4) is 0 Å². The van der Waals surface area contributed by atoms with Gasteiger partial charge in [0, 0.05) is 13.0 Å². The molecule has 0 bridgehead atoms. The van der Waals surface area contributed by atoms with E-state index in [0.29, 0.717) is 18.7 Å². The number of aliphatic hydroxyl groups is 1. The van der Waals surface area contributed by atoms with E-state index in [1.54, 1.807) is 25.1 Å². The standard InChI is InChI=1S/C13H18N2O4S/c1-2-19-10-11-20(17,18)15-13-8-5-7-12(14-13)6-3-4-9-16/h5,7-8,16H,2,4,9-11H2,1H3,(H,14,15). The Bertz CT molecular complexity index is 576. The second-order valence-electron chi connectivity index (χ2n) is 3.80. The average molecular weight is 298 g/mol. The van der Waals surface area contributed by atoms with Crippen LogP contribution < -0.4 is 4.72 Å². The molecule has 0 saturated carbocycles. The predicted molar refractivity (Wildman–Crippen MR) is 76.7 cm³/mol. The number of hydrogen-bond donors (Lipinski definition) is 2. The molecule has 0 aliphatic rings. The van der Waals surface area contributed by atoms with Crippen LogP contribution in [-0.2, 0) is 14.8 Å². The highest BCUT2D eigenvalue weighted by Gasteiger charge is 2.10. The number of aliphatic hydroxyl groups excluding tert-OH is 1. The van der Waals surface area contributed by atoms with Gasteiger partial charge in [-0.15, -0.1) is 0 Å². The Morgan fingerprint density at radius 1 is 1.45 bits per heavy atom. The van der Waals surface area contributed by atoms with Crippen molar-refractivity contribution >= 4 is 15.8 Å². The monoisotopic (exact) mass is 298 g/mol. The lowest BCUT2D eigenvalue weighted by Gasteiger charge is -2.07. The van der Waals surface area contributed by atoms with Crippen molar-refractivity contribution in [2.24, 2.45) is 0 Å². The highest BCUT2D eigenvalue weighted by Crippen LogP contribution is 2.06. The minimum absolute atomic E-state index is 0.0171. The Balaban J connectivity index is 2.68. The van der Waals surface area contributed by atoms with Gasteiger partial charge in [0.25, 0.3) is 0 Å². The maximum atomic E-state index is 11.7. The molecule has 7 heteroatoms. The van der Waals surface area contributed by atoms with E-state index in [1.807, 2.05) is 0 Å². The average Bonchev–Trinajstić information content (AvgIpc) is 2.39. The van der Waals surface area contributed by atoms with Crippen LogP contribution in [0.25, 0.3) is 0 Å². The SMILES string of the molecule is CCOCCS(=O)(=O)Nc1cccc(C#CCCO)n1. The summed E-state index contributed by atoms with van der Waals surface area (Å²) in [4.78, 5) is 4.07.